The van der Waals surface area contributed by atoms with E-state index in [2.05, 4.69) is 5.32 Å². The molecule has 0 unspecified atom stereocenters. The van der Waals surface area contributed by atoms with Gasteiger partial charge in [-0.25, -0.2) is 4.79 Å². The Morgan fingerprint density at radius 2 is 2.00 bits per heavy atom. The number of urea groups is 1. The summed E-state index contributed by atoms with van der Waals surface area (Å²) < 4.78 is 5.74. The summed E-state index contributed by atoms with van der Waals surface area (Å²) in [6.45, 7) is 2.16. The average molecular weight is 278 g/mol. The molecule has 2 rings (SSSR count). The lowest BCUT2D eigenvalue weighted by Crippen LogP contribution is -2.58. The number of ether oxygens (including phenoxy) is 1. The first-order valence-corrected chi connectivity index (χ1v) is 7.15. The van der Waals surface area contributed by atoms with Crippen LogP contribution in [0.15, 0.2) is 30.3 Å². The van der Waals surface area contributed by atoms with Crippen LogP contribution in [0.2, 0.25) is 0 Å². The fourth-order valence-electron chi connectivity index (χ4n) is 2.09. The zero-order chi connectivity index (χ0) is 14.2. The molecule has 0 bridgehead atoms. The third kappa shape index (κ3) is 4.42. The number of para-hydroxylation sites is 1. The molecule has 1 heterocycles. The van der Waals surface area contributed by atoms with Gasteiger partial charge < -0.3 is 20.1 Å². The van der Waals surface area contributed by atoms with E-state index < -0.39 is 0 Å². The summed E-state index contributed by atoms with van der Waals surface area (Å²) in [5.74, 6) is 0.849. The summed E-state index contributed by atoms with van der Waals surface area (Å²) in [6.07, 6.45) is 2.74. The first kappa shape index (κ1) is 14.7. The van der Waals surface area contributed by atoms with E-state index in [1.807, 2.05) is 30.3 Å². The third-order valence-corrected chi connectivity index (χ3v) is 3.29. The number of rotatable bonds is 7. The molecule has 2 amide bonds. The second-order valence-electron chi connectivity index (χ2n) is 4.97. The van der Waals surface area contributed by atoms with E-state index in [0.717, 1.165) is 25.0 Å². The molecule has 0 aliphatic carbocycles. The smallest absolute Gasteiger partial charge is 0.317 e. The predicted molar refractivity (Wildman–Crippen MR) is 76.8 cm³/mol. The SMILES string of the molecule is O=C(NCCCCCO)N1CC(Oc2ccccc2)C1. The Morgan fingerprint density at radius 3 is 2.70 bits per heavy atom. The highest BCUT2D eigenvalue weighted by Gasteiger charge is 2.31. The summed E-state index contributed by atoms with van der Waals surface area (Å²) in [5.41, 5.74) is 0. The molecule has 5 heteroatoms. The quantitative estimate of drug-likeness (QED) is 0.745. The van der Waals surface area contributed by atoms with Crippen LogP contribution in [-0.4, -0.2) is 48.4 Å². The Balaban J connectivity index is 1.57. The molecular weight excluding hydrogens is 256 g/mol. The number of nitrogens with one attached hydrogen (secondary N) is 1. The van der Waals surface area contributed by atoms with Gasteiger partial charge in [-0.15, -0.1) is 0 Å². The van der Waals surface area contributed by atoms with Crippen LogP contribution in [-0.2, 0) is 0 Å². The van der Waals surface area contributed by atoms with E-state index >= 15 is 0 Å². The molecule has 5 nitrogen and oxygen atoms in total. The molecule has 1 aliphatic heterocycles. The second-order valence-corrected chi connectivity index (χ2v) is 4.97. The van der Waals surface area contributed by atoms with Crippen molar-refractivity contribution in [1.82, 2.24) is 10.2 Å². The Morgan fingerprint density at radius 1 is 1.25 bits per heavy atom. The highest BCUT2D eigenvalue weighted by molar-refractivity contribution is 5.75. The first-order valence-electron chi connectivity index (χ1n) is 7.15. The van der Waals surface area contributed by atoms with Gasteiger partial charge in [-0.1, -0.05) is 18.2 Å². The number of unbranched alkanes of at least 4 members (excludes halogenated alkanes) is 2. The second kappa shape index (κ2) is 7.75. The normalized spacial score (nSPS) is 14.8. The van der Waals surface area contributed by atoms with Crippen LogP contribution in [0, 0.1) is 0 Å². The van der Waals surface area contributed by atoms with Crippen LogP contribution in [0.4, 0.5) is 4.79 Å². The molecule has 0 radical (unpaired) electrons. The first-order chi connectivity index (χ1) is 9.79. The molecule has 0 atom stereocenters. The van der Waals surface area contributed by atoms with Crippen molar-refractivity contribution in [3.63, 3.8) is 0 Å². The molecule has 1 aromatic rings. The lowest BCUT2D eigenvalue weighted by Gasteiger charge is -2.38. The van der Waals surface area contributed by atoms with Crippen molar-refractivity contribution < 1.29 is 14.6 Å². The molecule has 0 spiro atoms. The van der Waals surface area contributed by atoms with E-state index in [1.54, 1.807) is 4.90 Å². The highest BCUT2D eigenvalue weighted by Crippen LogP contribution is 2.17. The summed E-state index contributed by atoms with van der Waals surface area (Å²) >= 11 is 0. The molecule has 2 N–H and O–H groups in total. The zero-order valence-electron chi connectivity index (χ0n) is 11.6. The number of hydrogen-bond donors (Lipinski definition) is 2. The Labute approximate surface area is 119 Å². The van der Waals surface area contributed by atoms with E-state index in [1.165, 1.54) is 0 Å². The van der Waals surface area contributed by atoms with Gasteiger partial charge in [-0.2, -0.15) is 0 Å². The number of carbonyl (C=O) groups is 1. The van der Waals surface area contributed by atoms with Crippen LogP contribution >= 0.6 is 0 Å². The summed E-state index contributed by atoms with van der Waals surface area (Å²) in [4.78, 5) is 13.5. The number of carbonyl (C=O) groups excluding carboxylic acids is 1. The number of hydrogen-bond acceptors (Lipinski definition) is 3. The molecule has 1 aliphatic rings. The van der Waals surface area contributed by atoms with Crippen LogP contribution in [0.3, 0.4) is 0 Å². The van der Waals surface area contributed by atoms with Crippen LogP contribution < -0.4 is 10.1 Å². The van der Waals surface area contributed by atoms with E-state index in [-0.39, 0.29) is 18.7 Å². The van der Waals surface area contributed by atoms with Crippen molar-refractivity contribution in [2.75, 3.05) is 26.2 Å². The van der Waals surface area contributed by atoms with E-state index in [4.69, 9.17) is 9.84 Å². The number of aliphatic hydroxyl groups is 1. The monoisotopic (exact) mass is 278 g/mol. The van der Waals surface area contributed by atoms with Gasteiger partial charge in [0.15, 0.2) is 0 Å². The highest BCUT2D eigenvalue weighted by atomic mass is 16.5. The fraction of sp³-hybridized carbons (Fsp3) is 0.533. The minimum atomic E-state index is -0.0260. The van der Waals surface area contributed by atoms with Crippen molar-refractivity contribution in [2.24, 2.45) is 0 Å². The summed E-state index contributed by atoms with van der Waals surface area (Å²) in [6, 6.07) is 9.63. The van der Waals surface area contributed by atoms with Gasteiger partial charge in [0, 0.05) is 13.2 Å². The molecule has 20 heavy (non-hydrogen) atoms. The van der Waals surface area contributed by atoms with Crippen molar-refractivity contribution in [2.45, 2.75) is 25.4 Å². The number of nitrogens with zero attached hydrogens (tertiary/aromatic N) is 1. The van der Waals surface area contributed by atoms with E-state index in [9.17, 15) is 4.79 Å². The fourth-order valence-corrected chi connectivity index (χ4v) is 2.09. The molecule has 1 aromatic carbocycles. The minimum absolute atomic E-state index is 0.0260. The van der Waals surface area contributed by atoms with Crippen LogP contribution in [0.1, 0.15) is 19.3 Å². The molecule has 1 saturated heterocycles. The van der Waals surface area contributed by atoms with Crippen molar-refractivity contribution in [3.05, 3.63) is 30.3 Å². The Kier molecular flexibility index (Phi) is 5.68. The largest absolute Gasteiger partial charge is 0.487 e. The van der Waals surface area contributed by atoms with Gasteiger partial charge in [0.2, 0.25) is 0 Å². The topological polar surface area (TPSA) is 61.8 Å². The average Bonchev–Trinajstić information content (AvgIpc) is 2.43. The summed E-state index contributed by atoms with van der Waals surface area (Å²) in [5, 5.41) is 11.5. The number of amides is 2. The number of aliphatic hydroxyl groups excluding tert-OH is 1. The van der Waals surface area contributed by atoms with Crippen LogP contribution in [0.25, 0.3) is 0 Å². The van der Waals surface area contributed by atoms with Gasteiger partial charge in [0.1, 0.15) is 11.9 Å². The number of likely N-dealkylation sites (tertiary alicyclic amines) is 1. The maximum atomic E-state index is 11.8. The van der Waals surface area contributed by atoms with Gasteiger partial charge in [-0.3, -0.25) is 0 Å². The maximum Gasteiger partial charge on any atom is 0.317 e. The van der Waals surface area contributed by atoms with Gasteiger partial charge in [0.05, 0.1) is 13.1 Å². The molecule has 0 aromatic heterocycles. The zero-order valence-corrected chi connectivity index (χ0v) is 11.6. The molecule has 1 fully saturated rings. The lowest BCUT2D eigenvalue weighted by atomic mass is 10.2. The predicted octanol–water partition coefficient (Wildman–Crippen LogP) is 1.62. The third-order valence-electron chi connectivity index (χ3n) is 3.29. The Bertz CT molecular complexity index is 405. The number of benzene rings is 1. The Hall–Kier alpha value is -1.75. The molecular formula is C15H22N2O3. The molecule has 110 valence electrons. The van der Waals surface area contributed by atoms with Crippen LogP contribution in [0.5, 0.6) is 5.75 Å². The van der Waals surface area contributed by atoms with Crippen molar-refractivity contribution >= 4 is 6.03 Å². The van der Waals surface area contributed by atoms with Gasteiger partial charge in [-0.05, 0) is 31.4 Å². The van der Waals surface area contributed by atoms with Crippen molar-refractivity contribution in [3.8, 4) is 5.75 Å². The lowest BCUT2D eigenvalue weighted by molar-refractivity contribution is 0.0445. The van der Waals surface area contributed by atoms with Crippen molar-refractivity contribution in [1.29, 1.82) is 0 Å². The van der Waals surface area contributed by atoms with Gasteiger partial charge >= 0.3 is 6.03 Å². The van der Waals surface area contributed by atoms with E-state index in [0.29, 0.717) is 19.6 Å². The summed E-state index contributed by atoms with van der Waals surface area (Å²) in [7, 11) is 0. The standard InChI is InChI=1S/C15H22N2O3/c18-10-6-2-5-9-16-15(19)17-11-14(12-17)20-13-7-3-1-4-8-13/h1,3-4,7-8,14,18H,2,5-6,9-12H2,(H,16,19). The minimum Gasteiger partial charge on any atom is -0.487 e. The molecule has 0 saturated carbocycles. The van der Waals surface area contributed by atoms with Gasteiger partial charge in [0.25, 0.3) is 0 Å². The maximum absolute atomic E-state index is 11.8.